The Labute approximate surface area is 136 Å². The number of hydrazone groups is 1. The van der Waals surface area contributed by atoms with Gasteiger partial charge in [0.1, 0.15) is 5.75 Å². The highest BCUT2D eigenvalue weighted by Crippen LogP contribution is 2.28. The molecule has 0 aliphatic rings. The van der Waals surface area contributed by atoms with Crippen LogP contribution in [0.5, 0.6) is 5.75 Å². The van der Waals surface area contributed by atoms with Crippen molar-refractivity contribution in [1.82, 2.24) is 10.7 Å². The van der Waals surface area contributed by atoms with Crippen molar-refractivity contribution in [2.24, 2.45) is 5.10 Å². The number of hydrogen-bond donors (Lipinski definition) is 2. The van der Waals surface area contributed by atoms with E-state index in [9.17, 15) is 0 Å². The van der Waals surface area contributed by atoms with E-state index in [0.29, 0.717) is 5.11 Å². The molecule has 0 heterocycles. The van der Waals surface area contributed by atoms with Crippen LogP contribution >= 0.6 is 12.2 Å². The van der Waals surface area contributed by atoms with Gasteiger partial charge in [0, 0.05) is 17.0 Å². The molecule has 0 unspecified atom stereocenters. The third-order valence-corrected chi connectivity index (χ3v) is 3.45. The largest absolute Gasteiger partial charge is 0.496 e. The van der Waals surface area contributed by atoms with Crippen LogP contribution in [0.4, 0.5) is 0 Å². The maximum Gasteiger partial charge on any atom is 0.187 e. The Morgan fingerprint density at radius 2 is 1.82 bits per heavy atom. The summed E-state index contributed by atoms with van der Waals surface area (Å²) in [5.74, 6) is 0.858. The zero-order valence-electron chi connectivity index (χ0n) is 13.3. The first-order chi connectivity index (χ1) is 10.5. The van der Waals surface area contributed by atoms with Gasteiger partial charge in [0.2, 0.25) is 0 Å². The fourth-order valence-electron chi connectivity index (χ4n) is 2.25. The quantitative estimate of drug-likeness (QED) is 0.515. The summed E-state index contributed by atoms with van der Waals surface area (Å²) < 4.78 is 5.42. The third-order valence-electron chi connectivity index (χ3n) is 3.24. The summed E-state index contributed by atoms with van der Waals surface area (Å²) in [6.45, 7) is 6.02. The molecule has 0 spiro atoms. The molecule has 0 radical (unpaired) electrons. The van der Waals surface area contributed by atoms with Crippen molar-refractivity contribution >= 4 is 33.8 Å². The summed E-state index contributed by atoms with van der Waals surface area (Å²) in [4.78, 5) is 0. The van der Waals surface area contributed by atoms with E-state index in [1.54, 1.807) is 7.11 Å². The first-order valence-electron chi connectivity index (χ1n) is 7.20. The maximum atomic E-state index is 5.42. The summed E-state index contributed by atoms with van der Waals surface area (Å²) in [6.07, 6.45) is 0. The van der Waals surface area contributed by atoms with Crippen LogP contribution in [0.2, 0.25) is 0 Å². The van der Waals surface area contributed by atoms with Crippen molar-refractivity contribution in [2.75, 3.05) is 7.11 Å². The Morgan fingerprint density at radius 1 is 1.14 bits per heavy atom. The van der Waals surface area contributed by atoms with E-state index in [4.69, 9.17) is 17.0 Å². The molecule has 4 nitrogen and oxygen atoms in total. The molecule has 0 fully saturated rings. The van der Waals surface area contributed by atoms with Crippen molar-refractivity contribution in [3.8, 4) is 5.75 Å². The van der Waals surface area contributed by atoms with Crippen LogP contribution in [0.3, 0.4) is 0 Å². The first-order valence-corrected chi connectivity index (χ1v) is 7.60. The molecule has 0 saturated heterocycles. The fourth-order valence-corrected chi connectivity index (χ4v) is 2.54. The SMILES string of the molecule is COc1ccc(/C(C)=N\NC(=S)NC(C)C)c2ccccc12. The third kappa shape index (κ3) is 3.74. The van der Waals surface area contributed by atoms with Crippen LogP contribution in [0.25, 0.3) is 10.8 Å². The lowest BCUT2D eigenvalue weighted by atomic mass is 10.0. The highest BCUT2D eigenvalue weighted by atomic mass is 32.1. The van der Waals surface area contributed by atoms with Crippen molar-refractivity contribution in [2.45, 2.75) is 26.8 Å². The predicted molar refractivity (Wildman–Crippen MR) is 96.7 cm³/mol. The van der Waals surface area contributed by atoms with Gasteiger partial charge >= 0.3 is 0 Å². The van der Waals surface area contributed by atoms with Crippen LogP contribution < -0.4 is 15.5 Å². The predicted octanol–water partition coefficient (Wildman–Crippen LogP) is 3.44. The second-order valence-electron chi connectivity index (χ2n) is 5.30. The fraction of sp³-hybridized carbons (Fsp3) is 0.294. The van der Waals surface area contributed by atoms with E-state index in [1.165, 1.54) is 0 Å². The molecule has 22 heavy (non-hydrogen) atoms. The minimum atomic E-state index is 0.275. The minimum absolute atomic E-state index is 0.275. The number of nitrogens with one attached hydrogen (secondary N) is 2. The monoisotopic (exact) mass is 315 g/mol. The minimum Gasteiger partial charge on any atom is -0.496 e. The molecule has 0 aromatic heterocycles. The summed E-state index contributed by atoms with van der Waals surface area (Å²) >= 11 is 5.18. The van der Waals surface area contributed by atoms with Gasteiger partial charge in [-0.2, -0.15) is 5.10 Å². The molecule has 0 atom stereocenters. The van der Waals surface area contributed by atoms with Crippen LogP contribution in [-0.2, 0) is 0 Å². The van der Waals surface area contributed by atoms with Gasteiger partial charge in [-0.05, 0) is 50.5 Å². The van der Waals surface area contributed by atoms with Crippen molar-refractivity contribution in [1.29, 1.82) is 0 Å². The number of ether oxygens (including phenoxy) is 1. The number of rotatable bonds is 4. The maximum absolute atomic E-state index is 5.42. The van der Waals surface area contributed by atoms with E-state index in [1.807, 2.05) is 51.1 Å². The Bertz CT molecular complexity index is 710. The molecule has 2 N–H and O–H groups in total. The molecule has 0 aliphatic heterocycles. The van der Waals surface area contributed by atoms with Crippen molar-refractivity contribution < 1.29 is 4.74 Å². The smallest absolute Gasteiger partial charge is 0.187 e. The number of thiocarbonyl (C=S) groups is 1. The van der Waals surface area contributed by atoms with Gasteiger partial charge in [-0.15, -0.1) is 0 Å². The second-order valence-corrected chi connectivity index (χ2v) is 5.71. The Morgan fingerprint density at radius 3 is 2.45 bits per heavy atom. The van der Waals surface area contributed by atoms with Crippen LogP contribution in [0, 0.1) is 0 Å². The van der Waals surface area contributed by atoms with Gasteiger partial charge in [-0.25, -0.2) is 0 Å². The van der Waals surface area contributed by atoms with Crippen LogP contribution in [-0.4, -0.2) is 24.0 Å². The van der Waals surface area contributed by atoms with E-state index in [2.05, 4.69) is 21.9 Å². The number of hydrogen-bond acceptors (Lipinski definition) is 3. The summed E-state index contributed by atoms with van der Waals surface area (Å²) in [5.41, 5.74) is 4.80. The molecule has 0 bridgehead atoms. The van der Waals surface area contributed by atoms with Gasteiger partial charge in [0.05, 0.1) is 12.8 Å². The van der Waals surface area contributed by atoms with Gasteiger partial charge in [0.25, 0.3) is 0 Å². The highest BCUT2D eigenvalue weighted by Gasteiger charge is 2.08. The Kier molecular flexibility index (Phi) is 5.33. The van der Waals surface area contributed by atoms with E-state index < -0.39 is 0 Å². The van der Waals surface area contributed by atoms with Gasteiger partial charge in [0.15, 0.2) is 5.11 Å². The average molecular weight is 315 g/mol. The number of benzene rings is 2. The van der Waals surface area contributed by atoms with E-state index in [-0.39, 0.29) is 6.04 Å². The highest BCUT2D eigenvalue weighted by molar-refractivity contribution is 7.80. The lowest BCUT2D eigenvalue weighted by Gasteiger charge is -2.12. The van der Waals surface area contributed by atoms with Gasteiger partial charge in [-0.1, -0.05) is 24.3 Å². The zero-order valence-corrected chi connectivity index (χ0v) is 14.1. The molecule has 116 valence electrons. The lowest BCUT2D eigenvalue weighted by Crippen LogP contribution is -2.37. The first kappa shape index (κ1) is 16.2. The second kappa shape index (κ2) is 7.22. The summed E-state index contributed by atoms with van der Waals surface area (Å²) in [6, 6.07) is 12.4. The molecular weight excluding hydrogens is 294 g/mol. The lowest BCUT2D eigenvalue weighted by molar-refractivity contribution is 0.420. The molecule has 2 rings (SSSR count). The average Bonchev–Trinajstić information content (AvgIpc) is 2.51. The normalized spacial score (nSPS) is 11.6. The van der Waals surface area contributed by atoms with Gasteiger partial charge in [-0.3, -0.25) is 5.43 Å². The zero-order chi connectivity index (χ0) is 16.1. The van der Waals surface area contributed by atoms with Crippen molar-refractivity contribution in [3.63, 3.8) is 0 Å². The van der Waals surface area contributed by atoms with Gasteiger partial charge < -0.3 is 10.1 Å². The summed E-state index contributed by atoms with van der Waals surface area (Å²) in [7, 11) is 1.68. The molecule has 2 aromatic rings. The Hall–Kier alpha value is -2.14. The Balaban J connectivity index is 2.32. The molecule has 5 heteroatoms. The van der Waals surface area contributed by atoms with E-state index >= 15 is 0 Å². The summed E-state index contributed by atoms with van der Waals surface area (Å²) in [5, 5.41) is 10.2. The molecular formula is C17H21N3OS. The molecule has 2 aromatic carbocycles. The van der Waals surface area contributed by atoms with Crippen molar-refractivity contribution in [3.05, 3.63) is 42.0 Å². The van der Waals surface area contributed by atoms with E-state index in [0.717, 1.165) is 27.8 Å². The number of methoxy groups -OCH3 is 1. The topological polar surface area (TPSA) is 45.6 Å². The van der Waals surface area contributed by atoms with Crippen LogP contribution in [0.1, 0.15) is 26.3 Å². The van der Waals surface area contributed by atoms with Crippen LogP contribution in [0.15, 0.2) is 41.5 Å². The number of nitrogens with zero attached hydrogens (tertiary/aromatic N) is 1. The number of fused-ring (bicyclic) bond motifs is 1. The standard InChI is InChI=1S/C17H21N3OS/c1-11(2)18-17(22)20-19-12(3)13-9-10-16(21-4)15-8-6-5-7-14(13)15/h5-11H,1-4H3,(H2,18,20,22)/b19-12-. The molecule has 0 saturated carbocycles. The molecule has 0 aliphatic carbocycles. The molecule has 0 amide bonds.